The summed E-state index contributed by atoms with van der Waals surface area (Å²) < 4.78 is 32.5. The summed E-state index contributed by atoms with van der Waals surface area (Å²) in [6, 6.07) is 18.0. The molecule has 2 aromatic carbocycles. The van der Waals surface area contributed by atoms with Crippen LogP contribution < -0.4 is 14.8 Å². The van der Waals surface area contributed by atoms with Gasteiger partial charge in [-0.2, -0.15) is 4.98 Å². The molecule has 0 amide bonds. The van der Waals surface area contributed by atoms with Crippen LogP contribution in [0.15, 0.2) is 77.5 Å². The fourth-order valence-electron chi connectivity index (χ4n) is 3.85. The molecule has 172 valence electrons. The quantitative estimate of drug-likeness (QED) is 0.331. The number of nitrogens with zero attached hydrogens (tertiary/aromatic N) is 3. The number of aromatic nitrogens is 3. The van der Waals surface area contributed by atoms with Crippen LogP contribution in [0.2, 0.25) is 0 Å². The summed E-state index contributed by atoms with van der Waals surface area (Å²) >= 11 is 0. The fourth-order valence-corrected chi connectivity index (χ4v) is 3.85. The zero-order chi connectivity index (χ0) is 23.5. The van der Waals surface area contributed by atoms with E-state index in [1.54, 1.807) is 32.6 Å². The number of hydrogen-bond donors (Lipinski definition) is 1. The highest BCUT2D eigenvalue weighted by atomic mass is 19.1. The SMILES string of the molecule is COc1ccc(CNc2nc(-c3ccco3)c3ccn(Cc4ccccc4F)c3n2)cc1OC. The number of benzene rings is 2. The molecule has 8 heteroatoms. The minimum Gasteiger partial charge on any atom is -0.493 e. The van der Waals surface area contributed by atoms with Gasteiger partial charge in [-0.3, -0.25) is 0 Å². The van der Waals surface area contributed by atoms with Gasteiger partial charge in [-0.05, 0) is 42.0 Å². The lowest BCUT2D eigenvalue weighted by Crippen LogP contribution is -2.07. The van der Waals surface area contributed by atoms with E-state index in [0.717, 1.165) is 10.9 Å². The van der Waals surface area contributed by atoms with Crippen molar-refractivity contribution in [2.45, 2.75) is 13.1 Å². The van der Waals surface area contributed by atoms with Gasteiger partial charge in [0.1, 0.15) is 17.2 Å². The fraction of sp³-hybridized carbons (Fsp3) is 0.154. The first-order valence-corrected chi connectivity index (χ1v) is 10.7. The minimum atomic E-state index is -0.253. The van der Waals surface area contributed by atoms with Crippen LogP contribution in [-0.2, 0) is 13.1 Å². The van der Waals surface area contributed by atoms with Crippen molar-refractivity contribution < 1.29 is 18.3 Å². The number of furan rings is 1. The molecule has 0 atom stereocenters. The predicted octanol–water partition coefficient (Wildman–Crippen LogP) is 5.51. The van der Waals surface area contributed by atoms with Gasteiger partial charge < -0.3 is 23.8 Å². The molecular weight excluding hydrogens is 435 g/mol. The van der Waals surface area contributed by atoms with Crippen LogP contribution in [0.5, 0.6) is 11.5 Å². The maximum atomic E-state index is 14.3. The van der Waals surface area contributed by atoms with Gasteiger partial charge >= 0.3 is 0 Å². The molecule has 0 aliphatic rings. The summed E-state index contributed by atoms with van der Waals surface area (Å²) in [5.74, 6) is 2.12. The van der Waals surface area contributed by atoms with Gasteiger partial charge in [-0.15, -0.1) is 0 Å². The highest BCUT2D eigenvalue weighted by Gasteiger charge is 2.16. The molecular formula is C26H23FN4O3. The Labute approximate surface area is 195 Å². The zero-order valence-corrected chi connectivity index (χ0v) is 18.8. The normalized spacial score (nSPS) is 11.0. The maximum Gasteiger partial charge on any atom is 0.225 e. The van der Waals surface area contributed by atoms with Crippen molar-refractivity contribution in [2.75, 3.05) is 19.5 Å². The van der Waals surface area contributed by atoms with Gasteiger partial charge in [0.2, 0.25) is 5.95 Å². The second kappa shape index (κ2) is 9.27. The predicted molar refractivity (Wildman–Crippen MR) is 128 cm³/mol. The van der Waals surface area contributed by atoms with E-state index in [1.165, 1.54) is 6.07 Å². The van der Waals surface area contributed by atoms with E-state index in [9.17, 15) is 4.39 Å². The highest BCUT2D eigenvalue weighted by molar-refractivity contribution is 5.90. The van der Waals surface area contributed by atoms with E-state index in [4.69, 9.17) is 23.9 Å². The van der Waals surface area contributed by atoms with Gasteiger partial charge in [0.05, 0.1) is 27.0 Å². The van der Waals surface area contributed by atoms with Crippen LogP contribution in [-0.4, -0.2) is 28.8 Å². The summed E-state index contributed by atoms with van der Waals surface area (Å²) in [6.45, 7) is 0.817. The summed E-state index contributed by atoms with van der Waals surface area (Å²) in [5, 5.41) is 4.11. The molecule has 7 nitrogen and oxygen atoms in total. The Morgan fingerprint density at radius 1 is 0.971 bits per heavy atom. The lowest BCUT2D eigenvalue weighted by atomic mass is 10.2. The summed E-state index contributed by atoms with van der Waals surface area (Å²) in [6.07, 6.45) is 3.49. The molecule has 1 N–H and O–H groups in total. The number of halogens is 1. The first-order valence-electron chi connectivity index (χ1n) is 10.7. The van der Waals surface area contributed by atoms with E-state index in [1.807, 2.05) is 53.2 Å². The number of hydrogen-bond acceptors (Lipinski definition) is 6. The third-order valence-electron chi connectivity index (χ3n) is 5.57. The zero-order valence-electron chi connectivity index (χ0n) is 18.8. The van der Waals surface area contributed by atoms with Crippen LogP contribution in [0.4, 0.5) is 10.3 Å². The lowest BCUT2D eigenvalue weighted by molar-refractivity contribution is 0.354. The van der Waals surface area contributed by atoms with Gasteiger partial charge in [-0.25, -0.2) is 9.37 Å². The van der Waals surface area contributed by atoms with Crippen molar-refractivity contribution in [2.24, 2.45) is 0 Å². The summed E-state index contributed by atoms with van der Waals surface area (Å²) in [4.78, 5) is 9.46. The molecule has 0 spiro atoms. The Balaban J connectivity index is 1.51. The van der Waals surface area contributed by atoms with Crippen LogP contribution in [0.3, 0.4) is 0 Å². The van der Waals surface area contributed by atoms with Crippen molar-refractivity contribution in [1.29, 1.82) is 0 Å². The van der Waals surface area contributed by atoms with Crippen LogP contribution in [0, 0.1) is 5.82 Å². The standard InChI is InChI=1S/C26H23FN4O3/c1-32-21-10-9-17(14-23(21)33-2)15-28-26-29-24(22-8-5-13-34-22)19-11-12-31(25(19)30-26)16-18-6-3-4-7-20(18)27/h3-14H,15-16H2,1-2H3,(H,28,29,30). The van der Waals surface area contributed by atoms with Crippen molar-refractivity contribution >= 4 is 17.0 Å². The molecule has 0 fully saturated rings. The van der Waals surface area contributed by atoms with Crippen molar-refractivity contribution in [1.82, 2.24) is 14.5 Å². The number of fused-ring (bicyclic) bond motifs is 1. The first kappa shape index (κ1) is 21.5. The molecule has 0 aliphatic carbocycles. The van der Waals surface area contributed by atoms with Gasteiger partial charge in [-0.1, -0.05) is 24.3 Å². The van der Waals surface area contributed by atoms with E-state index in [-0.39, 0.29) is 5.82 Å². The largest absolute Gasteiger partial charge is 0.493 e. The number of nitrogens with one attached hydrogen (secondary N) is 1. The van der Waals surface area contributed by atoms with Gasteiger partial charge in [0.15, 0.2) is 17.3 Å². The Morgan fingerprint density at radius 2 is 1.82 bits per heavy atom. The second-order valence-corrected chi connectivity index (χ2v) is 7.69. The van der Waals surface area contributed by atoms with Crippen LogP contribution in [0.25, 0.3) is 22.5 Å². The monoisotopic (exact) mass is 458 g/mol. The topological polar surface area (TPSA) is 74.3 Å². The Morgan fingerprint density at radius 3 is 2.59 bits per heavy atom. The molecule has 3 heterocycles. The first-order chi connectivity index (χ1) is 16.7. The third kappa shape index (κ3) is 4.17. The van der Waals surface area contributed by atoms with Crippen molar-refractivity contribution in [3.63, 3.8) is 0 Å². The number of rotatable bonds is 8. The molecule has 3 aromatic heterocycles. The number of methoxy groups -OCH3 is 2. The van der Waals surface area contributed by atoms with Crippen LogP contribution in [0.1, 0.15) is 11.1 Å². The van der Waals surface area contributed by atoms with E-state index < -0.39 is 0 Å². The summed E-state index contributed by atoms with van der Waals surface area (Å²) in [5.41, 5.74) is 2.90. The average molecular weight is 458 g/mol. The molecule has 0 aliphatic heterocycles. The molecule has 0 saturated carbocycles. The van der Waals surface area contributed by atoms with Crippen molar-refractivity contribution in [3.05, 3.63) is 90.1 Å². The van der Waals surface area contributed by atoms with Gasteiger partial charge in [0, 0.05) is 23.7 Å². The molecule has 0 unspecified atom stereocenters. The average Bonchev–Trinajstić information content (AvgIpc) is 3.54. The maximum absolute atomic E-state index is 14.3. The lowest BCUT2D eigenvalue weighted by Gasteiger charge is -2.12. The molecule has 0 bridgehead atoms. The van der Waals surface area contributed by atoms with E-state index in [0.29, 0.717) is 53.2 Å². The Hall–Kier alpha value is -4.33. The second-order valence-electron chi connectivity index (χ2n) is 7.69. The van der Waals surface area contributed by atoms with Gasteiger partial charge in [0.25, 0.3) is 0 Å². The number of ether oxygens (including phenoxy) is 2. The summed E-state index contributed by atoms with van der Waals surface area (Å²) in [7, 11) is 3.21. The number of anilines is 1. The van der Waals surface area contributed by atoms with E-state index in [2.05, 4.69) is 5.32 Å². The van der Waals surface area contributed by atoms with E-state index >= 15 is 0 Å². The molecule has 0 radical (unpaired) electrons. The molecule has 0 saturated heterocycles. The molecule has 34 heavy (non-hydrogen) atoms. The van der Waals surface area contributed by atoms with Crippen LogP contribution >= 0.6 is 0 Å². The molecule has 5 rings (SSSR count). The van der Waals surface area contributed by atoms with Crippen molar-refractivity contribution in [3.8, 4) is 23.0 Å². The minimum absolute atomic E-state index is 0.253. The highest BCUT2D eigenvalue weighted by Crippen LogP contribution is 2.30. The molecule has 5 aromatic rings. The Kier molecular flexibility index (Phi) is 5.86. The Bertz CT molecular complexity index is 1430. The smallest absolute Gasteiger partial charge is 0.225 e. The third-order valence-corrected chi connectivity index (χ3v) is 5.57.